The van der Waals surface area contributed by atoms with Gasteiger partial charge in [-0.15, -0.1) is 11.3 Å². The first kappa shape index (κ1) is 17.9. The standard InChI is InChI=1S/C21H16N2O4S/c1-12-20(25)23-16-11-13(8-9-17(16)27-12)22-21(26)15-6-3-2-5-14(15)19(24)18-7-4-10-28-18/h2-12H,1H3,(H,22,26)(H,23,25)/t12-/m0/s1. The van der Waals surface area contributed by atoms with E-state index >= 15 is 0 Å². The van der Waals surface area contributed by atoms with Crippen molar-refractivity contribution < 1.29 is 19.1 Å². The van der Waals surface area contributed by atoms with Crippen molar-refractivity contribution in [3.8, 4) is 5.75 Å². The Labute approximate surface area is 165 Å². The van der Waals surface area contributed by atoms with Crippen LogP contribution in [0.1, 0.15) is 32.5 Å². The molecule has 140 valence electrons. The van der Waals surface area contributed by atoms with E-state index in [9.17, 15) is 14.4 Å². The molecule has 4 rings (SSSR count). The average Bonchev–Trinajstić information content (AvgIpc) is 3.23. The molecule has 1 atom stereocenters. The van der Waals surface area contributed by atoms with Gasteiger partial charge in [0.2, 0.25) is 5.78 Å². The molecule has 0 unspecified atom stereocenters. The van der Waals surface area contributed by atoms with Crippen LogP contribution in [0.15, 0.2) is 60.0 Å². The zero-order valence-electron chi connectivity index (χ0n) is 14.9. The molecule has 0 spiro atoms. The maximum Gasteiger partial charge on any atom is 0.265 e. The average molecular weight is 392 g/mol. The maximum absolute atomic E-state index is 12.8. The number of carbonyl (C=O) groups excluding carboxylic acids is 3. The molecule has 1 aliphatic rings. The molecule has 0 saturated carbocycles. The van der Waals surface area contributed by atoms with Crippen molar-refractivity contribution in [3.05, 3.63) is 76.0 Å². The van der Waals surface area contributed by atoms with Crippen LogP contribution in [0.5, 0.6) is 5.75 Å². The second-order valence-electron chi connectivity index (χ2n) is 6.27. The summed E-state index contributed by atoms with van der Waals surface area (Å²) in [4.78, 5) is 37.9. The third-order valence-corrected chi connectivity index (χ3v) is 5.20. The number of carbonyl (C=O) groups is 3. The molecule has 3 aromatic rings. The minimum atomic E-state index is -0.567. The second-order valence-corrected chi connectivity index (χ2v) is 7.21. The maximum atomic E-state index is 12.8. The van der Waals surface area contributed by atoms with Gasteiger partial charge in [-0.1, -0.05) is 24.3 Å². The minimum absolute atomic E-state index is 0.194. The van der Waals surface area contributed by atoms with Gasteiger partial charge in [-0.05, 0) is 42.6 Å². The third-order valence-electron chi connectivity index (χ3n) is 4.33. The molecule has 1 aromatic heterocycles. The van der Waals surface area contributed by atoms with Crippen molar-refractivity contribution in [3.63, 3.8) is 0 Å². The van der Waals surface area contributed by atoms with Gasteiger partial charge in [0.1, 0.15) is 5.75 Å². The van der Waals surface area contributed by atoms with Gasteiger partial charge in [0.15, 0.2) is 6.10 Å². The van der Waals surface area contributed by atoms with Crippen LogP contribution in [-0.4, -0.2) is 23.7 Å². The normalized spacial score (nSPS) is 15.2. The van der Waals surface area contributed by atoms with E-state index in [2.05, 4.69) is 10.6 Å². The van der Waals surface area contributed by atoms with Gasteiger partial charge in [-0.25, -0.2) is 0 Å². The van der Waals surface area contributed by atoms with Crippen molar-refractivity contribution >= 4 is 40.3 Å². The first-order valence-corrected chi connectivity index (χ1v) is 9.51. The highest BCUT2D eigenvalue weighted by atomic mass is 32.1. The van der Waals surface area contributed by atoms with Crippen LogP contribution < -0.4 is 15.4 Å². The molecule has 0 radical (unpaired) electrons. The molecule has 2 amide bonds. The Morgan fingerprint density at radius 1 is 1.07 bits per heavy atom. The molecule has 2 aromatic carbocycles. The summed E-state index contributed by atoms with van der Waals surface area (Å²) in [6.45, 7) is 1.66. The summed E-state index contributed by atoms with van der Waals surface area (Å²) in [6, 6.07) is 15.2. The van der Waals surface area contributed by atoms with Crippen LogP contribution in [0.3, 0.4) is 0 Å². The Hall–Kier alpha value is -3.45. The van der Waals surface area contributed by atoms with Crippen LogP contribution in [0.4, 0.5) is 11.4 Å². The number of anilines is 2. The van der Waals surface area contributed by atoms with E-state index in [0.29, 0.717) is 27.6 Å². The van der Waals surface area contributed by atoms with E-state index in [1.54, 1.807) is 61.5 Å². The van der Waals surface area contributed by atoms with Gasteiger partial charge in [0, 0.05) is 11.3 Å². The zero-order chi connectivity index (χ0) is 19.7. The van der Waals surface area contributed by atoms with Crippen LogP contribution in [0.2, 0.25) is 0 Å². The number of ether oxygens (including phenoxy) is 1. The number of hydrogen-bond donors (Lipinski definition) is 2. The Balaban J connectivity index is 1.59. The van der Waals surface area contributed by atoms with Gasteiger partial charge in [-0.2, -0.15) is 0 Å². The van der Waals surface area contributed by atoms with Crippen molar-refractivity contribution in [1.29, 1.82) is 0 Å². The quantitative estimate of drug-likeness (QED) is 0.659. The van der Waals surface area contributed by atoms with Crippen molar-refractivity contribution in [1.82, 2.24) is 0 Å². The molecule has 1 aliphatic heterocycles. The number of nitrogens with one attached hydrogen (secondary N) is 2. The molecule has 28 heavy (non-hydrogen) atoms. The fourth-order valence-electron chi connectivity index (χ4n) is 2.90. The predicted octanol–water partition coefficient (Wildman–Crippen LogP) is 3.95. The largest absolute Gasteiger partial charge is 0.479 e. The number of ketones is 1. The SMILES string of the molecule is C[C@@H]1Oc2ccc(NC(=O)c3ccccc3C(=O)c3cccs3)cc2NC1=O. The third kappa shape index (κ3) is 3.39. The number of benzene rings is 2. The summed E-state index contributed by atoms with van der Waals surface area (Å²) in [7, 11) is 0. The summed E-state index contributed by atoms with van der Waals surface area (Å²) in [5, 5.41) is 7.34. The first-order valence-electron chi connectivity index (χ1n) is 8.63. The predicted molar refractivity (Wildman–Crippen MR) is 107 cm³/mol. The number of thiophene rings is 1. The van der Waals surface area contributed by atoms with Crippen molar-refractivity contribution in [2.75, 3.05) is 10.6 Å². The smallest absolute Gasteiger partial charge is 0.265 e. The highest BCUT2D eigenvalue weighted by Crippen LogP contribution is 2.32. The minimum Gasteiger partial charge on any atom is -0.479 e. The molecule has 0 aliphatic carbocycles. The molecule has 2 heterocycles. The molecule has 2 N–H and O–H groups in total. The van der Waals surface area contributed by atoms with Crippen molar-refractivity contribution in [2.24, 2.45) is 0 Å². The lowest BCUT2D eigenvalue weighted by Crippen LogP contribution is -2.34. The Bertz CT molecular complexity index is 1080. The molecule has 6 nitrogen and oxygen atoms in total. The van der Waals surface area contributed by atoms with Crippen LogP contribution in [-0.2, 0) is 4.79 Å². The highest BCUT2D eigenvalue weighted by Gasteiger charge is 2.24. The Morgan fingerprint density at radius 2 is 1.86 bits per heavy atom. The summed E-state index contributed by atoms with van der Waals surface area (Å²) >= 11 is 1.33. The highest BCUT2D eigenvalue weighted by molar-refractivity contribution is 7.12. The van der Waals surface area contributed by atoms with Gasteiger partial charge < -0.3 is 15.4 Å². The van der Waals surface area contributed by atoms with E-state index in [4.69, 9.17) is 4.74 Å². The van der Waals surface area contributed by atoms with Crippen molar-refractivity contribution in [2.45, 2.75) is 13.0 Å². The van der Waals surface area contributed by atoms with Crippen LogP contribution >= 0.6 is 11.3 Å². The summed E-state index contributed by atoms with van der Waals surface area (Å²) in [5.74, 6) is -0.307. The van der Waals surface area contributed by atoms with Gasteiger partial charge in [0.05, 0.1) is 16.1 Å². The lowest BCUT2D eigenvalue weighted by molar-refractivity contribution is -0.122. The fraction of sp³-hybridized carbons (Fsp3) is 0.0952. The Morgan fingerprint density at radius 3 is 2.61 bits per heavy atom. The lowest BCUT2D eigenvalue weighted by atomic mass is 10.0. The van der Waals surface area contributed by atoms with Crippen LogP contribution in [0.25, 0.3) is 0 Å². The number of rotatable bonds is 4. The van der Waals surface area contributed by atoms with Gasteiger partial charge in [-0.3, -0.25) is 14.4 Å². The van der Waals surface area contributed by atoms with E-state index in [0.717, 1.165) is 0 Å². The van der Waals surface area contributed by atoms with E-state index in [-0.39, 0.29) is 17.3 Å². The van der Waals surface area contributed by atoms with Crippen LogP contribution in [0, 0.1) is 0 Å². The zero-order valence-corrected chi connectivity index (χ0v) is 15.7. The molecular weight excluding hydrogens is 376 g/mol. The number of amides is 2. The molecule has 0 saturated heterocycles. The van der Waals surface area contributed by atoms with E-state index < -0.39 is 12.0 Å². The van der Waals surface area contributed by atoms with Gasteiger partial charge in [0.25, 0.3) is 11.8 Å². The summed E-state index contributed by atoms with van der Waals surface area (Å²) in [6.07, 6.45) is -0.567. The summed E-state index contributed by atoms with van der Waals surface area (Å²) in [5.41, 5.74) is 1.60. The van der Waals surface area contributed by atoms with Gasteiger partial charge >= 0.3 is 0 Å². The fourth-order valence-corrected chi connectivity index (χ4v) is 3.58. The van der Waals surface area contributed by atoms with E-state index in [1.165, 1.54) is 11.3 Å². The molecule has 0 fully saturated rings. The number of fused-ring (bicyclic) bond motifs is 1. The first-order chi connectivity index (χ1) is 13.5. The number of hydrogen-bond acceptors (Lipinski definition) is 5. The van der Waals surface area contributed by atoms with E-state index in [1.807, 2.05) is 5.38 Å². The Kier molecular flexibility index (Phi) is 4.67. The lowest BCUT2D eigenvalue weighted by Gasteiger charge is -2.23. The molecule has 0 bridgehead atoms. The summed E-state index contributed by atoms with van der Waals surface area (Å²) < 4.78 is 5.51. The second kappa shape index (κ2) is 7.28. The molecular formula is C21H16N2O4S. The monoisotopic (exact) mass is 392 g/mol. The topological polar surface area (TPSA) is 84.5 Å². The molecule has 7 heteroatoms.